The van der Waals surface area contributed by atoms with Crippen molar-refractivity contribution in [3.05, 3.63) is 58.1 Å². The van der Waals surface area contributed by atoms with Crippen LogP contribution in [-0.4, -0.2) is 44.4 Å². The van der Waals surface area contributed by atoms with E-state index in [0.29, 0.717) is 18.8 Å². The molecule has 1 heterocycles. The van der Waals surface area contributed by atoms with Crippen LogP contribution in [0.2, 0.25) is 0 Å². The molecule has 2 aromatic carbocycles. The maximum absolute atomic E-state index is 12.5. The topological polar surface area (TPSA) is 162 Å². The lowest BCUT2D eigenvalue weighted by atomic mass is 10.1. The first-order valence-electron chi connectivity index (χ1n) is 10.2. The number of nitrogens with one attached hydrogen (secondary N) is 1. The number of hydrogen-bond acceptors (Lipinski definition) is 8. The van der Waals surface area contributed by atoms with Gasteiger partial charge in [0, 0.05) is 24.8 Å². The van der Waals surface area contributed by atoms with E-state index in [-0.39, 0.29) is 21.8 Å². The highest BCUT2D eigenvalue weighted by Gasteiger charge is 2.25. The maximum atomic E-state index is 12.5. The van der Waals surface area contributed by atoms with Gasteiger partial charge in [0.05, 0.1) is 15.4 Å². The minimum atomic E-state index is -3.86. The Kier molecular flexibility index (Phi) is 7.29. The summed E-state index contributed by atoms with van der Waals surface area (Å²) in [6.07, 6.45) is 1.75. The molecule has 0 spiro atoms. The highest BCUT2D eigenvalue weighted by molar-refractivity contribution is 7.89. The Morgan fingerprint density at radius 1 is 1.12 bits per heavy atom. The Labute approximate surface area is 190 Å². The van der Waals surface area contributed by atoms with E-state index in [4.69, 9.17) is 9.88 Å². The van der Waals surface area contributed by atoms with Gasteiger partial charge in [0.1, 0.15) is 5.69 Å². The zero-order valence-corrected chi connectivity index (χ0v) is 18.7. The van der Waals surface area contributed by atoms with Gasteiger partial charge in [-0.25, -0.2) is 18.4 Å². The minimum absolute atomic E-state index is 0.0420. The summed E-state index contributed by atoms with van der Waals surface area (Å²) in [4.78, 5) is 37.7. The molecular weight excluding hydrogens is 452 g/mol. The Balaban J connectivity index is 1.67. The molecule has 1 fully saturated rings. The molecule has 1 aliphatic rings. The molecule has 0 aromatic heterocycles. The van der Waals surface area contributed by atoms with E-state index in [1.165, 1.54) is 43.3 Å². The van der Waals surface area contributed by atoms with Crippen LogP contribution in [0.5, 0.6) is 0 Å². The first-order valence-corrected chi connectivity index (χ1v) is 11.8. The van der Waals surface area contributed by atoms with Crippen molar-refractivity contribution in [1.29, 1.82) is 0 Å². The fraction of sp³-hybridized carbons (Fsp3) is 0.333. The number of carbonyl (C=O) groups excluding carboxylic acids is 2. The van der Waals surface area contributed by atoms with Crippen molar-refractivity contribution in [2.24, 2.45) is 5.14 Å². The SMILES string of the molecule is CC(OC(=O)c1ccc(N2CCCCC2)c([N+](=O)[O-])c1)C(=O)Nc1ccc(S(N)(=O)=O)cc1. The average Bonchev–Trinajstić information content (AvgIpc) is 2.78. The molecule has 0 saturated carbocycles. The number of sulfonamides is 1. The Bertz CT molecular complexity index is 1160. The van der Waals surface area contributed by atoms with Crippen LogP contribution < -0.4 is 15.4 Å². The minimum Gasteiger partial charge on any atom is -0.449 e. The number of piperidine rings is 1. The van der Waals surface area contributed by atoms with Gasteiger partial charge >= 0.3 is 5.97 Å². The van der Waals surface area contributed by atoms with Crippen LogP contribution in [-0.2, 0) is 19.6 Å². The van der Waals surface area contributed by atoms with E-state index in [0.717, 1.165) is 25.3 Å². The van der Waals surface area contributed by atoms with Gasteiger partial charge in [0.25, 0.3) is 11.6 Å². The van der Waals surface area contributed by atoms with Gasteiger partial charge in [-0.15, -0.1) is 0 Å². The van der Waals surface area contributed by atoms with Crippen molar-refractivity contribution in [1.82, 2.24) is 0 Å². The number of anilines is 2. The van der Waals surface area contributed by atoms with Crippen LogP contribution in [0.25, 0.3) is 0 Å². The molecule has 0 aliphatic carbocycles. The molecule has 0 bridgehead atoms. The maximum Gasteiger partial charge on any atom is 0.339 e. The molecular formula is C21H24N4O7S. The number of esters is 1. The van der Waals surface area contributed by atoms with Crippen molar-refractivity contribution < 1.29 is 27.7 Å². The van der Waals surface area contributed by atoms with Gasteiger partial charge in [-0.05, 0) is 62.6 Å². The second-order valence-electron chi connectivity index (χ2n) is 7.61. The quantitative estimate of drug-likeness (QED) is 0.350. The van der Waals surface area contributed by atoms with E-state index in [2.05, 4.69) is 5.32 Å². The number of amides is 1. The van der Waals surface area contributed by atoms with Crippen molar-refractivity contribution in [2.75, 3.05) is 23.3 Å². The number of rotatable bonds is 7. The number of nitro groups is 1. The van der Waals surface area contributed by atoms with Gasteiger partial charge in [-0.3, -0.25) is 14.9 Å². The Morgan fingerprint density at radius 2 is 1.76 bits per heavy atom. The fourth-order valence-electron chi connectivity index (χ4n) is 3.45. The Morgan fingerprint density at radius 3 is 2.33 bits per heavy atom. The summed E-state index contributed by atoms with van der Waals surface area (Å²) in [5, 5.41) is 19.1. The van der Waals surface area contributed by atoms with Gasteiger partial charge in [0.2, 0.25) is 10.0 Å². The third kappa shape index (κ3) is 6.05. The van der Waals surface area contributed by atoms with Crippen molar-refractivity contribution in [2.45, 2.75) is 37.2 Å². The van der Waals surface area contributed by atoms with Crippen LogP contribution in [0.1, 0.15) is 36.5 Å². The first-order chi connectivity index (χ1) is 15.6. The third-order valence-electron chi connectivity index (χ3n) is 5.21. The number of primary sulfonamides is 1. The van der Waals surface area contributed by atoms with Crippen LogP contribution in [0.15, 0.2) is 47.4 Å². The van der Waals surface area contributed by atoms with Crippen LogP contribution in [0.4, 0.5) is 17.1 Å². The lowest BCUT2D eigenvalue weighted by Gasteiger charge is -2.28. The van der Waals surface area contributed by atoms with Gasteiger partial charge < -0.3 is 15.0 Å². The lowest BCUT2D eigenvalue weighted by molar-refractivity contribution is -0.384. The van der Waals surface area contributed by atoms with Gasteiger partial charge in [-0.2, -0.15) is 0 Å². The summed E-state index contributed by atoms with van der Waals surface area (Å²) in [6.45, 7) is 2.77. The molecule has 1 unspecified atom stereocenters. The summed E-state index contributed by atoms with van der Waals surface area (Å²) >= 11 is 0. The van der Waals surface area contributed by atoms with Gasteiger partial charge in [0.15, 0.2) is 6.10 Å². The molecule has 33 heavy (non-hydrogen) atoms. The predicted octanol–water partition coefficient (Wildman–Crippen LogP) is 2.42. The predicted molar refractivity (Wildman–Crippen MR) is 120 cm³/mol. The molecule has 0 radical (unpaired) electrons. The van der Waals surface area contributed by atoms with E-state index in [9.17, 15) is 28.1 Å². The van der Waals surface area contributed by atoms with Crippen molar-refractivity contribution >= 4 is 39.0 Å². The standard InChI is InChI=1S/C21H24N4O7S/c1-14(20(26)23-16-6-8-17(9-7-16)33(22,30)31)32-21(27)15-5-10-18(19(13-15)25(28)29)24-11-3-2-4-12-24/h5-10,13-14H,2-4,11-12H2,1H3,(H,23,26)(H2,22,30,31). The summed E-state index contributed by atoms with van der Waals surface area (Å²) in [5.74, 6) is -1.54. The summed E-state index contributed by atoms with van der Waals surface area (Å²) in [5.41, 5.74) is 0.486. The molecule has 12 heteroatoms. The number of benzene rings is 2. The second-order valence-corrected chi connectivity index (χ2v) is 9.18. The molecule has 176 valence electrons. The Hall–Kier alpha value is -3.51. The summed E-state index contributed by atoms with van der Waals surface area (Å²) < 4.78 is 27.8. The molecule has 1 atom stereocenters. The third-order valence-corrected chi connectivity index (χ3v) is 6.14. The zero-order chi connectivity index (χ0) is 24.2. The number of nitro benzene ring substituents is 1. The van der Waals surface area contributed by atoms with E-state index in [1.807, 2.05) is 4.90 Å². The molecule has 1 amide bonds. The summed E-state index contributed by atoms with van der Waals surface area (Å²) in [7, 11) is -3.86. The monoisotopic (exact) mass is 476 g/mol. The second kappa shape index (κ2) is 9.96. The molecule has 2 aromatic rings. The lowest BCUT2D eigenvalue weighted by Crippen LogP contribution is -2.31. The fourth-order valence-corrected chi connectivity index (χ4v) is 3.97. The van der Waals surface area contributed by atoms with Gasteiger partial charge in [-0.1, -0.05) is 0 Å². The normalized spacial score (nSPS) is 14.9. The highest BCUT2D eigenvalue weighted by atomic mass is 32.2. The van der Waals surface area contributed by atoms with Crippen molar-refractivity contribution in [3.63, 3.8) is 0 Å². The molecule has 3 rings (SSSR count). The highest BCUT2D eigenvalue weighted by Crippen LogP contribution is 2.31. The molecule has 11 nitrogen and oxygen atoms in total. The van der Waals surface area contributed by atoms with Crippen molar-refractivity contribution in [3.8, 4) is 0 Å². The molecule has 3 N–H and O–H groups in total. The molecule has 1 aliphatic heterocycles. The number of ether oxygens (including phenoxy) is 1. The smallest absolute Gasteiger partial charge is 0.339 e. The van der Waals surface area contributed by atoms with Crippen LogP contribution in [0.3, 0.4) is 0 Å². The molecule has 1 saturated heterocycles. The van der Waals surface area contributed by atoms with E-state index in [1.54, 1.807) is 0 Å². The number of nitrogens with two attached hydrogens (primary N) is 1. The number of nitrogens with zero attached hydrogens (tertiary/aromatic N) is 2. The first kappa shape index (κ1) is 24.1. The summed E-state index contributed by atoms with van der Waals surface area (Å²) in [6, 6.07) is 9.26. The van der Waals surface area contributed by atoms with Crippen LogP contribution in [0, 0.1) is 10.1 Å². The number of carbonyl (C=O) groups is 2. The van der Waals surface area contributed by atoms with Crippen LogP contribution >= 0.6 is 0 Å². The van der Waals surface area contributed by atoms with E-state index < -0.39 is 32.9 Å². The van der Waals surface area contributed by atoms with E-state index >= 15 is 0 Å². The number of hydrogen-bond donors (Lipinski definition) is 2. The zero-order valence-electron chi connectivity index (χ0n) is 17.9. The largest absolute Gasteiger partial charge is 0.449 e. The average molecular weight is 477 g/mol.